The second kappa shape index (κ2) is 18.4. The number of hydrogen-bond acceptors (Lipinski definition) is 4. The second-order valence-electron chi connectivity index (χ2n) is 22.1. The minimum Gasteiger partial charge on any atom is -0.457 e. The topological polar surface area (TPSA) is 38.5 Å². The van der Waals surface area contributed by atoms with Crippen LogP contribution in [0.3, 0.4) is 0 Å². The summed E-state index contributed by atoms with van der Waals surface area (Å²) in [6.45, 7) is 14.3. The van der Waals surface area contributed by atoms with Crippen LogP contribution in [-0.2, 0) is 10.8 Å². The van der Waals surface area contributed by atoms with Crippen LogP contribution in [0.2, 0.25) is 0 Å². The van der Waals surface area contributed by atoms with E-state index in [2.05, 4.69) is 291 Å². The molecule has 1 aliphatic rings. The van der Waals surface area contributed by atoms with Crippen molar-refractivity contribution in [1.29, 1.82) is 0 Å². The first kappa shape index (κ1) is 46.6. The second-order valence-corrected chi connectivity index (χ2v) is 22.1. The van der Waals surface area contributed by atoms with Gasteiger partial charge < -0.3 is 19.1 Å². The Morgan fingerprint density at radius 2 is 0.947 bits per heavy atom. The van der Waals surface area contributed by atoms with Gasteiger partial charge in [-0.1, -0.05) is 181 Å². The van der Waals surface area contributed by atoms with Crippen LogP contribution in [0.4, 0.5) is 22.7 Å². The lowest BCUT2D eigenvalue weighted by Gasteiger charge is -2.30. The lowest BCUT2D eigenvalue weighted by atomic mass is 9.82. The van der Waals surface area contributed by atoms with Gasteiger partial charge in [-0.05, 0) is 123 Å². The van der Waals surface area contributed by atoms with Gasteiger partial charge in [0.15, 0.2) is 0 Å². The first-order chi connectivity index (χ1) is 37.0. The summed E-state index contributed by atoms with van der Waals surface area (Å²) in [6, 6.07) is 83.1. The number of nitrogens with zero attached hydrogens (tertiary/aromatic N) is 5. The summed E-state index contributed by atoms with van der Waals surface area (Å²) in [4.78, 5) is 10.1. The SMILES string of the molecule is CC(C)(C)c1ccnc(-n2c3cc(Oc4cc(-c5ccccc5)cc(N5CN(c6c(-c7ccccc7)cc(C(C)(C)C)cc6-c6ccccc6)c6ccccc65)c4)ccc3c3c2c2ccccc2n3-c2ccccc2)c1. The Hall–Kier alpha value is -9.13. The Kier molecular flexibility index (Phi) is 11.3. The van der Waals surface area contributed by atoms with Crippen molar-refractivity contribution in [1.82, 2.24) is 14.1 Å². The van der Waals surface area contributed by atoms with Gasteiger partial charge in [-0.15, -0.1) is 0 Å². The average molecular weight is 986 g/mol. The molecular formula is C70H59N5O. The zero-order valence-electron chi connectivity index (χ0n) is 43.9. The molecule has 370 valence electrons. The Bertz CT molecular complexity index is 4070. The minimum absolute atomic E-state index is 0.0777. The summed E-state index contributed by atoms with van der Waals surface area (Å²) in [5.41, 5.74) is 19.3. The molecule has 9 aromatic carbocycles. The molecule has 76 heavy (non-hydrogen) atoms. The monoisotopic (exact) mass is 985 g/mol. The van der Waals surface area contributed by atoms with E-state index in [0.717, 1.165) is 84.0 Å². The van der Waals surface area contributed by atoms with Crippen molar-refractivity contribution in [2.75, 3.05) is 16.5 Å². The molecule has 0 saturated heterocycles. The molecule has 0 amide bonds. The first-order valence-electron chi connectivity index (χ1n) is 26.4. The van der Waals surface area contributed by atoms with Gasteiger partial charge in [0.1, 0.15) is 24.0 Å². The molecule has 0 spiro atoms. The van der Waals surface area contributed by atoms with Crippen molar-refractivity contribution in [3.05, 3.63) is 248 Å². The minimum atomic E-state index is -0.0787. The van der Waals surface area contributed by atoms with E-state index in [-0.39, 0.29) is 10.8 Å². The van der Waals surface area contributed by atoms with E-state index >= 15 is 0 Å². The standard InChI is InChI=1S/C70H59N5O/c1-69(2,3)51-37-38-71-65(43-51)75-64-45-55(35-36-58(64)67-68(75)57-31-19-20-32-61(57)74(67)53-29-17-10-18-30-53)76-56-40-50(47-23-11-7-12-24-47)39-54(44-56)72-46-73(63-34-22-21-33-62(63)72)66-59(48-25-13-8-14-26-48)41-52(70(4,5)6)42-60(66)49-27-15-9-16-28-49/h7-45H,46H2,1-6H3. The molecule has 0 atom stereocenters. The molecule has 0 fully saturated rings. The summed E-state index contributed by atoms with van der Waals surface area (Å²) in [5, 5.41) is 2.26. The number of hydrogen-bond donors (Lipinski definition) is 0. The van der Waals surface area contributed by atoms with Gasteiger partial charge in [-0.25, -0.2) is 4.98 Å². The predicted octanol–water partition coefficient (Wildman–Crippen LogP) is 18.8. The smallest absolute Gasteiger partial charge is 0.137 e. The molecule has 0 radical (unpaired) electrons. The molecular weight excluding hydrogens is 927 g/mol. The maximum Gasteiger partial charge on any atom is 0.137 e. The van der Waals surface area contributed by atoms with E-state index in [0.29, 0.717) is 6.67 Å². The molecule has 0 N–H and O–H groups in total. The quantitative estimate of drug-likeness (QED) is 0.144. The molecule has 0 unspecified atom stereocenters. The zero-order valence-corrected chi connectivity index (χ0v) is 43.9. The normalized spacial score (nSPS) is 12.8. The van der Waals surface area contributed by atoms with E-state index in [1.807, 2.05) is 6.20 Å². The van der Waals surface area contributed by atoms with Crippen molar-refractivity contribution in [2.45, 2.75) is 52.4 Å². The highest BCUT2D eigenvalue weighted by Crippen LogP contribution is 2.52. The molecule has 6 nitrogen and oxygen atoms in total. The molecule has 3 aromatic heterocycles. The molecule has 6 heteroatoms. The van der Waals surface area contributed by atoms with Gasteiger partial charge in [-0.3, -0.25) is 4.57 Å². The van der Waals surface area contributed by atoms with Crippen LogP contribution < -0.4 is 14.5 Å². The highest BCUT2D eigenvalue weighted by molar-refractivity contribution is 6.20. The molecule has 1 aliphatic heterocycles. The van der Waals surface area contributed by atoms with Gasteiger partial charge in [-0.2, -0.15) is 0 Å². The van der Waals surface area contributed by atoms with E-state index in [1.54, 1.807) is 0 Å². The fourth-order valence-electron chi connectivity index (χ4n) is 11.3. The number of ether oxygens (including phenoxy) is 1. The van der Waals surface area contributed by atoms with E-state index in [1.165, 1.54) is 39.1 Å². The Morgan fingerprint density at radius 3 is 1.59 bits per heavy atom. The summed E-state index contributed by atoms with van der Waals surface area (Å²) >= 11 is 0. The van der Waals surface area contributed by atoms with Crippen molar-refractivity contribution in [3.63, 3.8) is 0 Å². The molecule has 4 heterocycles. The first-order valence-corrected chi connectivity index (χ1v) is 26.4. The molecule has 12 aromatic rings. The summed E-state index contributed by atoms with van der Waals surface area (Å²) in [5.74, 6) is 2.34. The number of anilines is 4. The maximum atomic E-state index is 7.21. The van der Waals surface area contributed by atoms with Crippen LogP contribution in [0.5, 0.6) is 11.5 Å². The van der Waals surface area contributed by atoms with Crippen LogP contribution in [0.1, 0.15) is 52.7 Å². The number of benzene rings is 9. The third kappa shape index (κ3) is 8.18. The fraction of sp³-hybridized carbons (Fsp3) is 0.129. The molecule has 0 bridgehead atoms. The van der Waals surface area contributed by atoms with Crippen LogP contribution in [0.25, 0.3) is 77.7 Å². The molecule has 0 aliphatic carbocycles. The van der Waals surface area contributed by atoms with Gasteiger partial charge in [0.2, 0.25) is 0 Å². The maximum absolute atomic E-state index is 7.21. The number of fused-ring (bicyclic) bond motifs is 6. The highest BCUT2D eigenvalue weighted by Gasteiger charge is 2.33. The van der Waals surface area contributed by atoms with Crippen LogP contribution >= 0.6 is 0 Å². The van der Waals surface area contributed by atoms with Gasteiger partial charge in [0.25, 0.3) is 0 Å². The third-order valence-corrected chi connectivity index (χ3v) is 15.1. The number of para-hydroxylation sites is 4. The van der Waals surface area contributed by atoms with E-state index in [9.17, 15) is 0 Å². The van der Waals surface area contributed by atoms with Gasteiger partial charge >= 0.3 is 0 Å². The lowest BCUT2D eigenvalue weighted by Crippen LogP contribution is -2.25. The number of aromatic nitrogens is 3. The van der Waals surface area contributed by atoms with Crippen LogP contribution in [0.15, 0.2) is 237 Å². The molecule has 13 rings (SSSR count). The molecule has 0 saturated carbocycles. The Morgan fingerprint density at radius 1 is 0.395 bits per heavy atom. The van der Waals surface area contributed by atoms with Crippen molar-refractivity contribution < 1.29 is 4.74 Å². The average Bonchev–Trinajstić information content (AvgIpc) is 4.22. The summed E-state index contributed by atoms with van der Waals surface area (Å²) < 4.78 is 12.0. The third-order valence-electron chi connectivity index (χ3n) is 15.1. The summed E-state index contributed by atoms with van der Waals surface area (Å²) in [6.07, 6.45) is 1.95. The Balaban J connectivity index is 0.982. The van der Waals surface area contributed by atoms with Crippen LogP contribution in [0, 0.1) is 0 Å². The Labute approximate surface area is 445 Å². The highest BCUT2D eigenvalue weighted by atomic mass is 16.5. The summed E-state index contributed by atoms with van der Waals surface area (Å²) in [7, 11) is 0. The van der Waals surface area contributed by atoms with Crippen LogP contribution in [-0.4, -0.2) is 20.8 Å². The van der Waals surface area contributed by atoms with Crippen molar-refractivity contribution >= 4 is 55.6 Å². The largest absolute Gasteiger partial charge is 0.457 e. The zero-order chi connectivity index (χ0) is 51.7. The van der Waals surface area contributed by atoms with Gasteiger partial charge in [0, 0.05) is 51.6 Å². The fourth-order valence-corrected chi connectivity index (χ4v) is 11.3. The van der Waals surface area contributed by atoms with Gasteiger partial charge in [0.05, 0.1) is 39.1 Å². The lowest BCUT2D eigenvalue weighted by molar-refractivity contribution is 0.483. The predicted molar refractivity (Wildman–Crippen MR) is 318 cm³/mol. The van der Waals surface area contributed by atoms with Crippen molar-refractivity contribution in [3.8, 4) is 56.4 Å². The van der Waals surface area contributed by atoms with Crippen molar-refractivity contribution in [2.24, 2.45) is 0 Å². The number of pyridine rings is 1. The van der Waals surface area contributed by atoms with E-state index in [4.69, 9.17) is 9.72 Å². The van der Waals surface area contributed by atoms with E-state index < -0.39 is 0 Å². The number of rotatable bonds is 9.